The molecule has 0 spiro atoms. The van der Waals surface area contributed by atoms with E-state index in [1.165, 1.54) is 6.07 Å². The van der Waals surface area contributed by atoms with E-state index < -0.39 is 20.9 Å². The Morgan fingerprint density at radius 2 is 2.00 bits per heavy atom. The minimum atomic E-state index is -3.45. The van der Waals surface area contributed by atoms with Crippen LogP contribution in [0, 0.1) is 5.82 Å². The molecule has 1 unspecified atom stereocenters. The first-order valence-corrected chi connectivity index (χ1v) is 6.22. The lowest BCUT2D eigenvalue weighted by Crippen LogP contribution is -2.17. The average molecular weight is 231 g/mol. The van der Waals surface area contributed by atoms with Crippen LogP contribution in [0.25, 0.3) is 0 Å². The maximum absolute atomic E-state index is 13.0. The molecule has 0 heterocycles. The van der Waals surface area contributed by atoms with Crippen LogP contribution in [-0.2, 0) is 9.84 Å². The van der Waals surface area contributed by atoms with Crippen molar-refractivity contribution < 1.29 is 12.8 Å². The highest BCUT2D eigenvalue weighted by Gasteiger charge is 2.22. The first-order chi connectivity index (χ1) is 6.87. The van der Waals surface area contributed by atoms with Gasteiger partial charge in [0.25, 0.3) is 0 Å². The van der Waals surface area contributed by atoms with Gasteiger partial charge in [0.15, 0.2) is 9.84 Å². The van der Waals surface area contributed by atoms with Crippen LogP contribution >= 0.6 is 0 Å². The fraction of sp³-hybridized carbons (Fsp3) is 0.400. The van der Waals surface area contributed by atoms with Crippen LogP contribution < -0.4 is 5.73 Å². The van der Waals surface area contributed by atoms with Crippen LogP contribution in [0.2, 0.25) is 0 Å². The van der Waals surface area contributed by atoms with Crippen molar-refractivity contribution in [2.24, 2.45) is 0 Å². The first kappa shape index (κ1) is 12.0. The summed E-state index contributed by atoms with van der Waals surface area (Å²) >= 11 is 0. The predicted molar refractivity (Wildman–Crippen MR) is 57.8 cm³/mol. The van der Waals surface area contributed by atoms with E-state index >= 15 is 0 Å². The van der Waals surface area contributed by atoms with Crippen LogP contribution in [0.15, 0.2) is 23.1 Å². The Balaban J connectivity index is 3.27. The number of sulfone groups is 1. The number of anilines is 1. The number of rotatable bonds is 3. The average Bonchev–Trinajstić information content (AvgIpc) is 2.15. The van der Waals surface area contributed by atoms with Crippen LogP contribution in [0.5, 0.6) is 0 Å². The summed E-state index contributed by atoms with van der Waals surface area (Å²) in [4.78, 5) is -0.0469. The number of hydrogen-bond acceptors (Lipinski definition) is 3. The summed E-state index contributed by atoms with van der Waals surface area (Å²) in [5.74, 6) is -0.628. The molecule has 0 saturated heterocycles. The van der Waals surface area contributed by atoms with Gasteiger partial charge in [0.05, 0.1) is 10.1 Å². The van der Waals surface area contributed by atoms with Crippen LogP contribution in [0.3, 0.4) is 0 Å². The normalized spacial score (nSPS) is 13.8. The third-order valence-corrected chi connectivity index (χ3v) is 4.61. The summed E-state index contributed by atoms with van der Waals surface area (Å²) in [6.45, 7) is 3.36. The molecule has 0 aliphatic rings. The monoisotopic (exact) mass is 231 g/mol. The molecule has 0 bridgehead atoms. The number of nitrogen functional groups attached to an aromatic ring is 1. The topological polar surface area (TPSA) is 60.2 Å². The van der Waals surface area contributed by atoms with Gasteiger partial charge < -0.3 is 5.73 Å². The van der Waals surface area contributed by atoms with E-state index in [1.54, 1.807) is 13.8 Å². The van der Waals surface area contributed by atoms with Gasteiger partial charge in [-0.3, -0.25) is 0 Å². The van der Waals surface area contributed by atoms with Gasteiger partial charge in [-0.2, -0.15) is 0 Å². The zero-order valence-electron chi connectivity index (χ0n) is 8.70. The highest BCUT2D eigenvalue weighted by Crippen LogP contribution is 2.21. The lowest BCUT2D eigenvalue weighted by Gasteiger charge is -2.11. The van der Waals surface area contributed by atoms with E-state index in [9.17, 15) is 12.8 Å². The Morgan fingerprint density at radius 3 is 2.47 bits per heavy atom. The number of hydrogen-bond donors (Lipinski definition) is 1. The van der Waals surface area contributed by atoms with Gasteiger partial charge in [-0.1, -0.05) is 6.92 Å². The van der Waals surface area contributed by atoms with Gasteiger partial charge >= 0.3 is 0 Å². The Labute approximate surface area is 89.0 Å². The van der Waals surface area contributed by atoms with E-state index in [2.05, 4.69) is 0 Å². The molecule has 84 valence electrons. The molecule has 2 N–H and O–H groups in total. The van der Waals surface area contributed by atoms with E-state index in [0.717, 1.165) is 12.1 Å². The van der Waals surface area contributed by atoms with Crippen LogP contribution in [0.4, 0.5) is 10.1 Å². The third-order valence-electron chi connectivity index (χ3n) is 2.33. The molecule has 5 heteroatoms. The van der Waals surface area contributed by atoms with E-state index in [0.29, 0.717) is 6.42 Å². The molecular formula is C10H14FNO2S. The summed E-state index contributed by atoms with van der Waals surface area (Å²) in [5, 5.41) is -0.529. The van der Waals surface area contributed by atoms with Crippen LogP contribution in [-0.4, -0.2) is 13.7 Å². The Kier molecular flexibility index (Phi) is 3.34. The summed E-state index contributed by atoms with van der Waals surface area (Å²) in [5.41, 5.74) is 5.52. The standard InChI is InChI=1S/C10H14FNO2S/c1-3-7(2)15(13,14)10-5-8(11)4-9(12)6-10/h4-7H,3,12H2,1-2H3. The molecule has 1 aromatic rings. The van der Waals surface area contributed by atoms with E-state index in [4.69, 9.17) is 5.73 Å². The molecule has 1 atom stereocenters. The van der Waals surface area contributed by atoms with Gasteiger partial charge in [-0.15, -0.1) is 0 Å². The Morgan fingerprint density at radius 1 is 1.40 bits per heavy atom. The van der Waals surface area contributed by atoms with Gasteiger partial charge in [-0.25, -0.2) is 12.8 Å². The number of benzene rings is 1. The fourth-order valence-corrected chi connectivity index (χ4v) is 2.68. The van der Waals surface area contributed by atoms with Crippen molar-refractivity contribution in [1.82, 2.24) is 0 Å². The Bertz CT molecular complexity index is 436. The van der Waals surface area contributed by atoms with Gasteiger partial charge in [0.1, 0.15) is 5.82 Å². The highest BCUT2D eigenvalue weighted by atomic mass is 32.2. The van der Waals surface area contributed by atoms with Crippen molar-refractivity contribution in [2.45, 2.75) is 30.4 Å². The SMILES string of the molecule is CCC(C)S(=O)(=O)c1cc(N)cc(F)c1. The maximum atomic E-state index is 13.0. The molecule has 1 rings (SSSR count). The van der Waals surface area contributed by atoms with E-state index in [1.807, 2.05) is 0 Å². The van der Waals surface area contributed by atoms with Gasteiger partial charge in [0, 0.05) is 5.69 Å². The molecule has 0 aromatic heterocycles. The quantitative estimate of drug-likeness (QED) is 0.809. The summed E-state index contributed by atoms with van der Waals surface area (Å²) < 4.78 is 36.7. The molecule has 3 nitrogen and oxygen atoms in total. The summed E-state index contributed by atoms with van der Waals surface area (Å²) in [6, 6.07) is 3.37. The minimum absolute atomic E-state index is 0.0469. The van der Waals surface area contributed by atoms with Gasteiger partial charge in [0.2, 0.25) is 0 Å². The second-order valence-corrected chi connectivity index (χ2v) is 5.85. The molecule has 0 aliphatic heterocycles. The number of halogens is 1. The lowest BCUT2D eigenvalue weighted by molar-refractivity contribution is 0.577. The highest BCUT2D eigenvalue weighted by molar-refractivity contribution is 7.92. The summed E-state index contributed by atoms with van der Waals surface area (Å²) in [7, 11) is -3.45. The molecule has 0 saturated carbocycles. The molecular weight excluding hydrogens is 217 g/mol. The molecule has 1 aromatic carbocycles. The van der Waals surface area contributed by atoms with Gasteiger partial charge in [-0.05, 0) is 31.5 Å². The summed E-state index contributed by atoms with van der Waals surface area (Å²) in [6.07, 6.45) is 0.485. The smallest absolute Gasteiger partial charge is 0.181 e. The van der Waals surface area contributed by atoms with Crippen molar-refractivity contribution in [2.75, 3.05) is 5.73 Å². The molecule has 15 heavy (non-hydrogen) atoms. The third kappa shape index (κ3) is 2.47. The van der Waals surface area contributed by atoms with Crippen molar-refractivity contribution in [3.05, 3.63) is 24.0 Å². The lowest BCUT2D eigenvalue weighted by atomic mass is 10.3. The van der Waals surface area contributed by atoms with Crippen molar-refractivity contribution in [1.29, 1.82) is 0 Å². The molecule has 0 amide bonds. The molecule has 0 fully saturated rings. The second kappa shape index (κ2) is 4.18. The zero-order chi connectivity index (χ0) is 11.6. The largest absolute Gasteiger partial charge is 0.399 e. The maximum Gasteiger partial charge on any atom is 0.181 e. The fourth-order valence-electron chi connectivity index (χ4n) is 1.20. The Hall–Kier alpha value is -1.10. The molecule has 0 radical (unpaired) electrons. The molecule has 0 aliphatic carbocycles. The second-order valence-electron chi connectivity index (χ2n) is 3.48. The number of nitrogens with two attached hydrogens (primary N) is 1. The minimum Gasteiger partial charge on any atom is -0.399 e. The van der Waals surface area contributed by atoms with Crippen molar-refractivity contribution >= 4 is 15.5 Å². The first-order valence-electron chi connectivity index (χ1n) is 4.68. The van der Waals surface area contributed by atoms with Crippen molar-refractivity contribution in [3.63, 3.8) is 0 Å². The zero-order valence-corrected chi connectivity index (χ0v) is 9.51. The van der Waals surface area contributed by atoms with Crippen molar-refractivity contribution in [3.8, 4) is 0 Å². The predicted octanol–water partition coefficient (Wildman–Crippen LogP) is 1.98. The van der Waals surface area contributed by atoms with E-state index in [-0.39, 0.29) is 10.6 Å². The van der Waals surface area contributed by atoms with Crippen LogP contribution in [0.1, 0.15) is 20.3 Å².